The van der Waals surface area contributed by atoms with Gasteiger partial charge in [-0.1, -0.05) is 0 Å². The fourth-order valence-electron chi connectivity index (χ4n) is 2.49. The summed E-state index contributed by atoms with van der Waals surface area (Å²) in [4.78, 5) is 12.1. The van der Waals surface area contributed by atoms with Crippen LogP contribution in [-0.4, -0.2) is 15.7 Å². The largest absolute Gasteiger partial charge is 0.345 e. The molecule has 1 aliphatic carbocycles. The number of thiophene rings is 1. The van der Waals surface area contributed by atoms with Crippen LogP contribution < -0.4 is 5.32 Å². The van der Waals surface area contributed by atoms with Gasteiger partial charge in [-0.25, -0.2) is 0 Å². The maximum atomic E-state index is 12.1. The fraction of sp³-hybridized carbons (Fsp3) is 0.385. The van der Waals surface area contributed by atoms with Crippen molar-refractivity contribution in [2.24, 2.45) is 7.05 Å². The molecule has 2 aromatic heterocycles. The molecule has 0 unspecified atom stereocenters. The van der Waals surface area contributed by atoms with Crippen LogP contribution >= 0.6 is 11.3 Å². The molecule has 3 rings (SSSR count). The molecule has 18 heavy (non-hydrogen) atoms. The molecule has 0 saturated carbocycles. The maximum absolute atomic E-state index is 12.1. The standard InChI is InChI=1S/C13H15N3OS/c1-16-12-4-2-3-11(10(12)7-14-16)15-13(17)9-5-6-18-8-9/h5-8,11H,2-4H2,1H3,(H,15,17)/t11-/m0/s1. The molecule has 0 bridgehead atoms. The number of hydrogen-bond acceptors (Lipinski definition) is 3. The Balaban J connectivity index is 1.80. The van der Waals surface area contributed by atoms with Crippen molar-refractivity contribution in [1.82, 2.24) is 15.1 Å². The minimum atomic E-state index is 0.0120. The first-order valence-electron chi connectivity index (χ1n) is 6.09. The van der Waals surface area contributed by atoms with Crippen LogP contribution in [0.25, 0.3) is 0 Å². The van der Waals surface area contributed by atoms with Gasteiger partial charge in [0.05, 0.1) is 17.8 Å². The molecule has 0 aromatic carbocycles. The Labute approximate surface area is 110 Å². The quantitative estimate of drug-likeness (QED) is 0.901. The van der Waals surface area contributed by atoms with Gasteiger partial charge in [0.25, 0.3) is 5.91 Å². The minimum absolute atomic E-state index is 0.0120. The molecule has 5 heteroatoms. The van der Waals surface area contributed by atoms with Gasteiger partial charge >= 0.3 is 0 Å². The fourth-order valence-corrected chi connectivity index (χ4v) is 3.13. The number of rotatable bonds is 2. The molecule has 0 spiro atoms. The third kappa shape index (κ3) is 1.95. The molecule has 1 atom stereocenters. The number of nitrogens with one attached hydrogen (secondary N) is 1. The van der Waals surface area contributed by atoms with Crippen molar-refractivity contribution in [1.29, 1.82) is 0 Å². The Morgan fingerprint density at radius 1 is 1.61 bits per heavy atom. The molecule has 1 aliphatic rings. The highest BCUT2D eigenvalue weighted by atomic mass is 32.1. The van der Waals surface area contributed by atoms with Gasteiger partial charge in [0.2, 0.25) is 0 Å². The predicted octanol–water partition coefficient (Wildman–Crippen LogP) is 2.29. The van der Waals surface area contributed by atoms with Gasteiger partial charge in [0, 0.05) is 23.7 Å². The van der Waals surface area contributed by atoms with Crippen molar-refractivity contribution in [3.05, 3.63) is 39.8 Å². The number of amides is 1. The molecule has 2 aromatic rings. The SMILES string of the molecule is Cn1ncc2c1CCC[C@@H]2NC(=O)c1ccsc1. The average Bonchev–Trinajstić information content (AvgIpc) is 3.00. The van der Waals surface area contributed by atoms with Gasteiger partial charge in [0.1, 0.15) is 0 Å². The second-order valence-corrected chi connectivity index (χ2v) is 5.38. The summed E-state index contributed by atoms with van der Waals surface area (Å²) in [5.74, 6) is 0.0120. The zero-order valence-electron chi connectivity index (χ0n) is 10.2. The molecule has 0 radical (unpaired) electrons. The number of nitrogens with zero attached hydrogens (tertiary/aromatic N) is 2. The van der Waals surface area contributed by atoms with Crippen molar-refractivity contribution < 1.29 is 4.79 Å². The zero-order chi connectivity index (χ0) is 12.5. The van der Waals surface area contributed by atoms with E-state index in [1.807, 2.05) is 34.8 Å². The molecule has 4 nitrogen and oxygen atoms in total. The highest BCUT2D eigenvalue weighted by Gasteiger charge is 2.25. The van der Waals surface area contributed by atoms with Gasteiger partial charge in [-0.15, -0.1) is 0 Å². The molecule has 94 valence electrons. The average molecular weight is 261 g/mol. The van der Waals surface area contributed by atoms with Gasteiger partial charge in [-0.2, -0.15) is 16.4 Å². The van der Waals surface area contributed by atoms with E-state index in [1.165, 1.54) is 11.3 Å². The first-order chi connectivity index (χ1) is 8.75. The van der Waals surface area contributed by atoms with Gasteiger partial charge in [-0.3, -0.25) is 9.48 Å². The van der Waals surface area contributed by atoms with E-state index in [0.29, 0.717) is 0 Å². The minimum Gasteiger partial charge on any atom is -0.345 e. The number of fused-ring (bicyclic) bond motifs is 1. The maximum Gasteiger partial charge on any atom is 0.252 e. The smallest absolute Gasteiger partial charge is 0.252 e. The van der Waals surface area contributed by atoms with Crippen LogP contribution in [0.5, 0.6) is 0 Å². The van der Waals surface area contributed by atoms with Crippen LogP contribution in [0, 0.1) is 0 Å². The molecule has 0 aliphatic heterocycles. The summed E-state index contributed by atoms with van der Waals surface area (Å²) in [5, 5.41) is 11.2. The Morgan fingerprint density at radius 3 is 3.28 bits per heavy atom. The summed E-state index contributed by atoms with van der Waals surface area (Å²) >= 11 is 1.54. The van der Waals surface area contributed by atoms with Crippen LogP contribution in [0.2, 0.25) is 0 Å². The predicted molar refractivity (Wildman–Crippen MR) is 70.7 cm³/mol. The first-order valence-corrected chi connectivity index (χ1v) is 7.04. The molecule has 1 amide bonds. The number of aromatic nitrogens is 2. The number of aryl methyl sites for hydroxylation is 1. The van der Waals surface area contributed by atoms with Crippen LogP contribution in [0.1, 0.15) is 40.5 Å². The topological polar surface area (TPSA) is 46.9 Å². The summed E-state index contributed by atoms with van der Waals surface area (Å²) < 4.78 is 1.91. The van der Waals surface area contributed by atoms with Gasteiger partial charge in [-0.05, 0) is 30.7 Å². The Bertz CT molecular complexity index is 559. The number of carbonyl (C=O) groups excluding carboxylic acids is 1. The summed E-state index contributed by atoms with van der Waals surface area (Å²) in [7, 11) is 1.96. The normalized spacial score (nSPS) is 18.4. The van der Waals surface area contributed by atoms with E-state index in [9.17, 15) is 4.79 Å². The first kappa shape index (κ1) is 11.5. The third-order valence-corrected chi connectivity index (χ3v) is 4.15. The summed E-state index contributed by atoms with van der Waals surface area (Å²) in [6.45, 7) is 0. The van der Waals surface area contributed by atoms with Crippen LogP contribution in [-0.2, 0) is 13.5 Å². The van der Waals surface area contributed by atoms with Crippen LogP contribution in [0.15, 0.2) is 23.0 Å². The van der Waals surface area contributed by atoms with E-state index in [-0.39, 0.29) is 11.9 Å². The van der Waals surface area contributed by atoms with Gasteiger partial charge in [0.15, 0.2) is 0 Å². The molecule has 0 fully saturated rings. The van der Waals surface area contributed by atoms with Crippen molar-refractivity contribution in [2.75, 3.05) is 0 Å². The van der Waals surface area contributed by atoms with Crippen LogP contribution in [0.3, 0.4) is 0 Å². The highest BCUT2D eigenvalue weighted by molar-refractivity contribution is 7.08. The van der Waals surface area contributed by atoms with E-state index >= 15 is 0 Å². The van der Waals surface area contributed by atoms with Crippen molar-refractivity contribution in [2.45, 2.75) is 25.3 Å². The second kappa shape index (κ2) is 4.57. The summed E-state index contributed by atoms with van der Waals surface area (Å²) in [6.07, 6.45) is 5.03. The Hall–Kier alpha value is -1.62. The lowest BCUT2D eigenvalue weighted by Gasteiger charge is -2.23. The van der Waals surface area contributed by atoms with E-state index in [0.717, 1.165) is 24.8 Å². The van der Waals surface area contributed by atoms with E-state index in [1.54, 1.807) is 11.3 Å². The molecular formula is C13H15N3OS. The lowest BCUT2D eigenvalue weighted by atomic mass is 9.93. The van der Waals surface area contributed by atoms with E-state index in [2.05, 4.69) is 10.4 Å². The van der Waals surface area contributed by atoms with Crippen LogP contribution in [0.4, 0.5) is 0 Å². The summed E-state index contributed by atoms with van der Waals surface area (Å²) in [6, 6.07) is 1.96. The molecule has 0 saturated heterocycles. The Kier molecular flexibility index (Phi) is 2.91. The van der Waals surface area contributed by atoms with Crippen molar-refractivity contribution in [3.63, 3.8) is 0 Å². The van der Waals surface area contributed by atoms with Crippen molar-refractivity contribution >= 4 is 17.2 Å². The number of hydrogen-bond donors (Lipinski definition) is 1. The lowest BCUT2D eigenvalue weighted by Crippen LogP contribution is -2.30. The monoisotopic (exact) mass is 261 g/mol. The molecular weight excluding hydrogens is 246 g/mol. The van der Waals surface area contributed by atoms with E-state index < -0.39 is 0 Å². The Morgan fingerprint density at radius 2 is 2.50 bits per heavy atom. The third-order valence-electron chi connectivity index (χ3n) is 3.46. The lowest BCUT2D eigenvalue weighted by molar-refractivity contribution is 0.0933. The molecule has 1 N–H and O–H groups in total. The molecule has 2 heterocycles. The zero-order valence-corrected chi connectivity index (χ0v) is 11.0. The van der Waals surface area contributed by atoms with Gasteiger partial charge < -0.3 is 5.32 Å². The highest BCUT2D eigenvalue weighted by Crippen LogP contribution is 2.29. The summed E-state index contributed by atoms with van der Waals surface area (Å²) in [5.41, 5.74) is 3.17. The van der Waals surface area contributed by atoms with Crippen molar-refractivity contribution in [3.8, 4) is 0 Å². The number of carbonyl (C=O) groups is 1. The van der Waals surface area contributed by atoms with E-state index in [4.69, 9.17) is 0 Å². The second-order valence-electron chi connectivity index (χ2n) is 4.60.